The Hall–Kier alpha value is -3.55. The lowest BCUT2D eigenvalue weighted by Gasteiger charge is -2.06. The van der Waals surface area contributed by atoms with E-state index in [-0.39, 0.29) is 12.3 Å². The van der Waals surface area contributed by atoms with E-state index in [1.165, 1.54) is 12.3 Å². The lowest BCUT2D eigenvalue weighted by atomic mass is 10.3. The molecule has 25 heavy (non-hydrogen) atoms. The summed E-state index contributed by atoms with van der Waals surface area (Å²) in [5.41, 5.74) is 0.808. The van der Waals surface area contributed by atoms with Gasteiger partial charge in [0.25, 0.3) is 0 Å². The molecule has 0 saturated heterocycles. The van der Waals surface area contributed by atoms with Crippen molar-refractivity contribution < 1.29 is 22.9 Å². The molecular formula is C17H13N3O5. The van der Waals surface area contributed by atoms with Crippen LogP contribution in [0.2, 0.25) is 0 Å². The van der Waals surface area contributed by atoms with Gasteiger partial charge in [-0.1, -0.05) is 5.16 Å². The zero-order chi connectivity index (χ0) is 17.1. The molecule has 0 aliphatic rings. The van der Waals surface area contributed by atoms with E-state index in [0.29, 0.717) is 18.1 Å². The Bertz CT molecular complexity index is 950. The van der Waals surface area contributed by atoms with Crippen LogP contribution in [0.3, 0.4) is 0 Å². The number of aromatic nitrogens is 3. The highest BCUT2D eigenvalue weighted by molar-refractivity contribution is 5.88. The van der Waals surface area contributed by atoms with Crippen molar-refractivity contribution in [2.75, 3.05) is 0 Å². The molecule has 0 aromatic carbocycles. The van der Waals surface area contributed by atoms with Gasteiger partial charge in [0.2, 0.25) is 5.76 Å². The maximum absolute atomic E-state index is 12.1. The first-order chi connectivity index (χ1) is 12.3. The number of carbonyl (C=O) groups is 1. The highest BCUT2D eigenvalue weighted by atomic mass is 16.5. The molecular weight excluding hydrogens is 326 g/mol. The molecule has 0 radical (unpaired) electrons. The number of hydrogen-bond acceptors (Lipinski definition) is 7. The standard InChI is InChI=1S/C17H13N3O5/c21-17(14-7-16(25-19-14)15-4-2-6-23-15)24-10-12-8-18-11-20(12)9-13-3-1-5-22-13/h1-8,11H,9-10H2. The molecule has 4 aromatic rings. The lowest BCUT2D eigenvalue weighted by Crippen LogP contribution is -2.09. The predicted molar refractivity (Wildman–Crippen MR) is 83.4 cm³/mol. The second-order valence-electron chi connectivity index (χ2n) is 5.22. The van der Waals surface area contributed by atoms with Crippen molar-refractivity contribution in [1.82, 2.24) is 14.7 Å². The fourth-order valence-corrected chi connectivity index (χ4v) is 2.30. The normalized spacial score (nSPS) is 10.9. The van der Waals surface area contributed by atoms with Gasteiger partial charge in [0.05, 0.1) is 37.3 Å². The van der Waals surface area contributed by atoms with Crippen LogP contribution in [-0.4, -0.2) is 20.7 Å². The zero-order valence-electron chi connectivity index (χ0n) is 13.0. The summed E-state index contributed by atoms with van der Waals surface area (Å²) in [4.78, 5) is 16.2. The van der Waals surface area contributed by atoms with E-state index >= 15 is 0 Å². The molecule has 0 N–H and O–H groups in total. The van der Waals surface area contributed by atoms with E-state index in [9.17, 15) is 4.79 Å². The molecule has 0 amide bonds. The second kappa shape index (κ2) is 6.52. The average molecular weight is 339 g/mol. The molecule has 0 saturated carbocycles. The van der Waals surface area contributed by atoms with Crippen LogP contribution < -0.4 is 0 Å². The van der Waals surface area contributed by atoms with Crippen molar-refractivity contribution in [3.05, 3.63) is 72.5 Å². The number of imidazole rings is 1. The molecule has 8 heteroatoms. The first-order valence-electron chi connectivity index (χ1n) is 7.49. The van der Waals surface area contributed by atoms with Crippen LogP contribution in [0.25, 0.3) is 11.5 Å². The average Bonchev–Trinajstić information content (AvgIpc) is 3.39. The summed E-state index contributed by atoms with van der Waals surface area (Å²) >= 11 is 0. The molecule has 0 atom stereocenters. The van der Waals surface area contributed by atoms with Crippen molar-refractivity contribution in [3.63, 3.8) is 0 Å². The summed E-state index contributed by atoms with van der Waals surface area (Å²) in [6.45, 7) is 0.564. The van der Waals surface area contributed by atoms with E-state index in [1.54, 1.807) is 30.9 Å². The summed E-state index contributed by atoms with van der Waals surface area (Å²) in [5, 5.41) is 3.71. The zero-order valence-corrected chi connectivity index (χ0v) is 13.0. The Balaban J connectivity index is 1.40. The Morgan fingerprint density at radius 3 is 2.84 bits per heavy atom. The number of rotatable bonds is 6. The van der Waals surface area contributed by atoms with Gasteiger partial charge in [0.15, 0.2) is 11.5 Å². The Morgan fingerprint density at radius 2 is 2.04 bits per heavy atom. The fraction of sp³-hybridized carbons (Fsp3) is 0.118. The van der Waals surface area contributed by atoms with Gasteiger partial charge in [-0.3, -0.25) is 0 Å². The molecule has 0 aliphatic heterocycles. The van der Waals surface area contributed by atoms with Gasteiger partial charge >= 0.3 is 5.97 Å². The maximum Gasteiger partial charge on any atom is 0.360 e. The third-order valence-electron chi connectivity index (χ3n) is 3.54. The number of esters is 1. The van der Waals surface area contributed by atoms with Crippen molar-refractivity contribution in [2.24, 2.45) is 0 Å². The molecule has 126 valence electrons. The number of carbonyl (C=O) groups excluding carboxylic acids is 1. The van der Waals surface area contributed by atoms with Crippen molar-refractivity contribution in [3.8, 4) is 11.5 Å². The first kappa shape index (κ1) is 15.0. The van der Waals surface area contributed by atoms with Crippen LogP contribution in [0, 0.1) is 0 Å². The van der Waals surface area contributed by atoms with Gasteiger partial charge in [0.1, 0.15) is 12.4 Å². The van der Waals surface area contributed by atoms with Crippen molar-refractivity contribution in [2.45, 2.75) is 13.2 Å². The van der Waals surface area contributed by atoms with E-state index in [2.05, 4.69) is 10.1 Å². The SMILES string of the molecule is O=C(OCc1cncn1Cc1ccco1)c1cc(-c2ccco2)on1. The van der Waals surface area contributed by atoms with E-state index < -0.39 is 5.97 Å². The van der Waals surface area contributed by atoms with Gasteiger partial charge < -0.3 is 22.7 Å². The fourth-order valence-electron chi connectivity index (χ4n) is 2.30. The number of nitrogens with zero attached hydrogens (tertiary/aromatic N) is 3. The first-order valence-corrected chi connectivity index (χ1v) is 7.49. The van der Waals surface area contributed by atoms with Crippen LogP contribution >= 0.6 is 0 Å². The summed E-state index contributed by atoms with van der Waals surface area (Å²) in [6, 6.07) is 8.58. The van der Waals surface area contributed by atoms with Gasteiger partial charge in [-0.2, -0.15) is 0 Å². The Kier molecular flexibility index (Phi) is 3.91. The molecule has 0 bridgehead atoms. The lowest BCUT2D eigenvalue weighted by molar-refractivity contribution is 0.0452. The molecule has 4 rings (SSSR count). The van der Waals surface area contributed by atoms with Gasteiger partial charge in [-0.15, -0.1) is 0 Å². The third kappa shape index (κ3) is 3.23. The molecule has 0 aliphatic carbocycles. The summed E-state index contributed by atoms with van der Waals surface area (Å²) in [6.07, 6.45) is 6.40. The minimum Gasteiger partial charge on any atom is -0.467 e. The number of ether oxygens (including phenoxy) is 1. The van der Waals surface area contributed by atoms with Crippen LogP contribution in [0.5, 0.6) is 0 Å². The Morgan fingerprint density at radius 1 is 1.16 bits per heavy atom. The highest BCUT2D eigenvalue weighted by Gasteiger charge is 2.17. The molecule has 8 nitrogen and oxygen atoms in total. The Labute approximate surface area is 141 Å². The van der Waals surface area contributed by atoms with E-state index in [1.807, 2.05) is 16.7 Å². The van der Waals surface area contributed by atoms with Crippen LogP contribution in [0.1, 0.15) is 21.9 Å². The van der Waals surface area contributed by atoms with Crippen molar-refractivity contribution in [1.29, 1.82) is 0 Å². The van der Waals surface area contributed by atoms with E-state index in [0.717, 1.165) is 11.5 Å². The molecule has 4 aromatic heterocycles. The monoisotopic (exact) mass is 339 g/mol. The number of hydrogen-bond donors (Lipinski definition) is 0. The van der Waals surface area contributed by atoms with Gasteiger partial charge in [-0.05, 0) is 24.3 Å². The highest BCUT2D eigenvalue weighted by Crippen LogP contribution is 2.21. The van der Waals surface area contributed by atoms with Crippen molar-refractivity contribution >= 4 is 5.97 Å². The van der Waals surface area contributed by atoms with Gasteiger partial charge in [-0.25, -0.2) is 9.78 Å². The largest absolute Gasteiger partial charge is 0.467 e. The summed E-state index contributed by atoms with van der Waals surface area (Å²) < 4.78 is 22.7. The second-order valence-corrected chi connectivity index (χ2v) is 5.22. The quantitative estimate of drug-likeness (QED) is 0.498. The van der Waals surface area contributed by atoms with Crippen LogP contribution in [0.15, 0.2) is 68.7 Å². The van der Waals surface area contributed by atoms with Crippen LogP contribution in [0.4, 0.5) is 0 Å². The third-order valence-corrected chi connectivity index (χ3v) is 3.54. The topological polar surface area (TPSA) is 96.4 Å². The maximum atomic E-state index is 12.1. The smallest absolute Gasteiger partial charge is 0.360 e. The molecule has 0 fully saturated rings. The molecule has 4 heterocycles. The molecule has 0 unspecified atom stereocenters. The molecule has 0 spiro atoms. The predicted octanol–water partition coefficient (Wildman–Crippen LogP) is 3.13. The van der Waals surface area contributed by atoms with E-state index in [4.69, 9.17) is 18.1 Å². The minimum atomic E-state index is -0.590. The van der Waals surface area contributed by atoms with Crippen LogP contribution in [-0.2, 0) is 17.9 Å². The summed E-state index contributed by atoms with van der Waals surface area (Å²) in [7, 11) is 0. The number of furan rings is 2. The minimum absolute atomic E-state index is 0.0580. The van der Waals surface area contributed by atoms with Gasteiger partial charge in [0, 0.05) is 6.07 Å². The summed E-state index contributed by atoms with van der Waals surface area (Å²) in [5.74, 6) is 1.04.